The fourth-order valence-electron chi connectivity index (χ4n) is 2.10. The van der Waals surface area contributed by atoms with Crippen molar-refractivity contribution in [3.8, 4) is 0 Å². The second-order valence-corrected chi connectivity index (χ2v) is 5.33. The van der Waals surface area contributed by atoms with Gasteiger partial charge in [-0.05, 0) is 52.2 Å². The van der Waals surface area contributed by atoms with E-state index in [-0.39, 0.29) is 6.04 Å². The van der Waals surface area contributed by atoms with Crippen LogP contribution in [0, 0.1) is 0 Å². The number of furan rings is 1. The van der Waals surface area contributed by atoms with Gasteiger partial charge in [-0.2, -0.15) is 0 Å². The van der Waals surface area contributed by atoms with Gasteiger partial charge in [-0.1, -0.05) is 12.1 Å². The number of hydrogen-bond acceptors (Lipinski definition) is 3. The molecule has 0 fully saturated rings. The third-order valence-corrected chi connectivity index (χ3v) is 3.71. The number of aromatic nitrogens is 1. The Labute approximate surface area is 119 Å². The van der Waals surface area contributed by atoms with Crippen molar-refractivity contribution < 1.29 is 4.42 Å². The molecule has 2 aromatic heterocycles. The van der Waals surface area contributed by atoms with Gasteiger partial charge in [0.1, 0.15) is 11.3 Å². The van der Waals surface area contributed by atoms with Crippen LogP contribution in [0.5, 0.6) is 0 Å². The van der Waals surface area contributed by atoms with Crippen molar-refractivity contribution in [3.63, 3.8) is 0 Å². The van der Waals surface area contributed by atoms with Crippen molar-refractivity contribution in [2.24, 2.45) is 5.73 Å². The van der Waals surface area contributed by atoms with Gasteiger partial charge in [0.15, 0.2) is 0 Å². The summed E-state index contributed by atoms with van der Waals surface area (Å²) in [5.41, 5.74) is 8.22. The summed E-state index contributed by atoms with van der Waals surface area (Å²) in [6.07, 6.45) is 4.29. The van der Waals surface area contributed by atoms with E-state index in [1.54, 1.807) is 12.4 Å². The van der Waals surface area contributed by atoms with Crippen LogP contribution in [-0.2, 0) is 6.42 Å². The molecule has 0 radical (unpaired) electrons. The second-order valence-electron chi connectivity index (χ2n) is 4.47. The van der Waals surface area contributed by atoms with Crippen LogP contribution >= 0.6 is 15.9 Å². The van der Waals surface area contributed by atoms with Crippen molar-refractivity contribution in [2.75, 3.05) is 0 Å². The van der Waals surface area contributed by atoms with Crippen LogP contribution in [0.25, 0.3) is 11.0 Å². The lowest BCUT2D eigenvalue weighted by Gasteiger charge is -2.08. The number of hydrogen-bond donors (Lipinski definition) is 1. The fourth-order valence-corrected chi connectivity index (χ4v) is 2.57. The first-order valence-corrected chi connectivity index (χ1v) is 6.86. The van der Waals surface area contributed by atoms with Crippen LogP contribution in [0.3, 0.4) is 0 Å². The smallest absolute Gasteiger partial charge is 0.148 e. The number of nitrogens with zero attached hydrogens (tertiary/aromatic N) is 1. The maximum atomic E-state index is 6.21. The van der Waals surface area contributed by atoms with Crippen molar-refractivity contribution in [3.05, 3.63) is 64.6 Å². The molecule has 0 amide bonds. The van der Waals surface area contributed by atoms with Gasteiger partial charge in [0.05, 0.1) is 10.5 Å². The van der Waals surface area contributed by atoms with E-state index < -0.39 is 0 Å². The summed E-state index contributed by atoms with van der Waals surface area (Å²) in [6.45, 7) is 0. The maximum Gasteiger partial charge on any atom is 0.148 e. The van der Waals surface area contributed by atoms with Gasteiger partial charge < -0.3 is 10.2 Å². The number of para-hydroxylation sites is 1. The van der Waals surface area contributed by atoms with Crippen LogP contribution in [0.1, 0.15) is 17.4 Å². The molecule has 4 heteroatoms. The van der Waals surface area contributed by atoms with E-state index >= 15 is 0 Å². The van der Waals surface area contributed by atoms with Crippen LogP contribution < -0.4 is 5.73 Å². The monoisotopic (exact) mass is 316 g/mol. The highest BCUT2D eigenvalue weighted by molar-refractivity contribution is 9.10. The lowest BCUT2D eigenvalue weighted by Crippen LogP contribution is -2.12. The minimum atomic E-state index is -0.151. The third-order valence-electron chi connectivity index (χ3n) is 3.09. The van der Waals surface area contributed by atoms with Crippen molar-refractivity contribution >= 4 is 26.9 Å². The van der Waals surface area contributed by atoms with E-state index in [2.05, 4.69) is 20.9 Å². The van der Waals surface area contributed by atoms with E-state index in [9.17, 15) is 0 Å². The minimum absolute atomic E-state index is 0.151. The number of nitrogens with two attached hydrogens (primary N) is 1. The zero-order chi connectivity index (χ0) is 13.2. The molecule has 0 saturated heterocycles. The van der Waals surface area contributed by atoms with Gasteiger partial charge >= 0.3 is 0 Å². The van der Waals surface area contributed by atoms with Crippen molar-refractivity contribution in [2.45, 2.75) is 12.5 Å². The normalized spacial score (nSPS) is 12.7. The molecule has 1 atom stereocenters. The lowest BCUT2D eigenvalue weighted by atomic mass is 10.1. The Morgan fingerprint density at radius 1 is 1.21 bits per heavy atom. The molecule has 0 bridgehead atoms. The quantitative estimate of drug-likeness (QED) is 0.798. The summed E-state index contributed by atoms with van der Waals surface area (Å²) in [4.78, 5) is 4.00. The van der Waals surface area contributed by atoms with Crippen molar-refractivity contribution in [1.29, 1.82) is 0 Å². The predicted octanol–water partition coefficient (Wildman–Crippen LogP) is 3.83. The molecule has 0 saturated carbocycles. The zero-order valence-electron chi connectivity index (χ0n) is 10.2. The molecule has 1 unspecified atom stereocenters. The first-order chi connectivity index (χ1) is 9.24. The molecule has 0 spiro atoms. The average Bonchev–Trinajstić information content (AvgIpc) is 2.85. The number of benzene rings is 1. The molecule has 0 aliphatic heterocycles. The van der Waals surface area contributed by atoms with Gasteiger partial charge in [-0.15, -0.1) is 0 Å². The fraction of sp³-hybridized carbons (Fsp3) is 0.133. The summed E-state index contributed by atoms with van der Waals surface area (Å²) in [5.74, 6) is 0.804. The summed E-state index contributed by atoms with van der Waals surface area (Å²) >= 11 is 3.48. The first-order valence-electron chi connectivity index (χ1n) is 6.06. The molecule has 3 rings (SSSR count). The van der Waals surface area contributed by atoms with Gasteiger partial charge in [-0.3, -0.25) is 4.98 Å². The molecule has 2 heterocycles. The van der Waals surface area contributed by atoms with Crippen LogP contribution in [-0.4, -0.2) is 4.98 Å². The molecule has 19 heavy (non-hydrogen) atoms. The number of fused-ring (bicyclic) bond motifs is 1. The Morgan fingerprint density at radius 2 is 2.00 bits per heavy atom. The number of rotatable bonds is 3. The Bertz CT molecular complexity index is 694. The average molecular weight is 317 g/mol. The molecule has 3 nitrogen and oxygen atoms in total. The topological polar surface area (TPSA) is 52.0 Å². The lowest BCUT2D eigenvalue weighted by molar-refractivity contribution is 0.493. The highest BCUT2D eigenvalue weighted by Gasteiger charge is 2.13. The zero-order valence-corrected chi connectivity index (χ0v) is 11.8. The highest BCUT2D eigenvalue weighted by Crippen LogP contribution is 2.29. The SMILES string of the molecule is NC(Cc1ccncc1)c1cc2cccc(Br)c2o1. The van der Waals surface area contributed by atoms with Crippen LogP contribution in [0.4, 0.5) is 0 Å². The minimum Gasteiger partial charge on any atom is -0.458 e. The Kier molecular flexibility index (Phi) is 3.36. The van der Waals surface area contributed by atoms with E-state index in [0.29, 0.717) is 0 Å². The molecule has 3 aromatic rings. The Balaban J connectivity index is 1.89. The summed E-state index contributed by atoms with van der Waals surface area (Å²) < 4.78 is 6.80. The molecule has 1 aromatic carbocycles. The van der Waals surface area contributed by atoms with Gasteiger partial charge in [0.2, 0.25) is 0 Å². The Hall–Kier alpha value is -1.65. The predicted molar refractivity (Wildman–Crippen MR) is 78.8 cm³/mol. The van der Waals surface area contributed by atoms with E-state index in [1.807, 2.05) is 36.4 Å². The van der Waals surface area contributed by atoms with E-state index in [1.165, 1.54) is 0 Å². The molecular formula is C15H13BrN2O. The highest BCUT2D eigenvalue weighted by atomic mass is 79.9. The van der Waals surface area contributed by atoms with Crippen LogP contribution in [0.2, 0.25) is 0 Å². The number of pyridine rings is 1. The summed E-state index contributed by atoms with van der Waals surface area (Å²) in [5, 5.41) is 1.06. The first kappa shape index (κ1) is 12.4. The number of halogens is 1. The van der Waals surface area contributed by atoms with E-state index in [0.717, 1.165) is 33.2 Å². The maximum absolute atomic E-state index is 6.21. The van der Waals surface area contributed by atoms with Crippen molar-refractivity contribution in [1.82, 2.24) is 4.98 Å². The van der Waals surface area contributed by atoms with Gasteiger partial charge in [-0.25, -0.2) is 0 Å². The standard InChI is InChI=1S/C15H13BrN2O/c16-12-3-1-2-11-9-14(19-15(11)12)13(17)8-10-4-6-18-7-5-10/h1-7,9,13H,8,17H2. The second kappa shape index (κ2) is 5.15. The van der Waals surface area contributed by atoms with Gasteiger partial charge in [0.25, 0.3) is 0 Å². The molecule has 0 aliphatic rings. The molecule has 2 N–H and O–H groups in total. The largest absolute Gasteiger partial charge is 0.458 e. The molecule has 0 aliphatic carbocycles. The van der Waals surface area contributed by atoms with E-state index in [4.69, 9.17) is 10.2 Å². The molecule has 96 valence electrons. The Morgan fingerprint density at radius 3 is 2.74 bits per heavy atom. The third kappa shape index (κ3) is 2.55. The van der Waals surface area contributed by atoms with Crippen LogP contribution in [0.15, 0.2) is 57.7 Å². The molecular weight excluding hydrogens is 304 g/mol. The summed E-state index contributed by atoms with van der Waals surface area (Å²) in [6, 6.07) is 11.8. The summed E-state index contributed by atoms with van der Waals surface area (Å²) in [7, 11) is 0. The van der Waals surface area contributed by atoms with Gasteiger partial charge in [0, 0.05) is 17.8 Å².